The van der Waals surface area contributed by atoms with Crippen LogP contribution >= 0.6 is 0 Å². The Kier molecular flexibility index (Phi) is 2.92. The second-order valence-corrected chi connectivity index (χ2v) is 1.70. The lowest BCUT2D eigenvalue weighted by Gasteiger charge is -1.94. The number of hydrogen-bond acceptors (Lipinski definition) is 2. The third-order valence-electron chi connectivity index (χ3n) is 0.897. The van der Waals surface area contributed by atoms with Crippen LogP contribution in [0.25, 0.3) is 0 Å². The van der Waals surface area contributed by atoms with Gasteiger partial charge in [-0.1, -0.05) is 6.58 Å². The summed E-state index contributed by atoms with van der Waals surface area (Å²) in [4.78, 5) is 0. The molecule has 0 aliphatic heterocycles. The molecule has 0 atom stereocenters. The Hall–Kier alpha value is -0.790. The molecule has 0 aromatic heterocycles. The lowest BCUT2D eigenvalue weighted by molar-refractivity contribution is 0.899. The number of hydrazone groups is 1. The molecule has 0 heterocycles. The van der Waals surface area contributed by atoms with Gasteiger partial charge in [-0.2, -0.15) is 5.10 Å². The minimum Gasteiger partial charge on any atom is -0.313 e. The maximum absolute atomic E-state index is 3.89. The Labute approximate surface area is 50.3 Å². The molecule has 8 heavy (non-hydrogen) atoms. The molecule has 0 fully saturated rings. The molecule has 0 rings (SSSR count). The smallest absolute Gasteiger partial charge is 0.0595 e. The SMILES string of the molecule is C=C(C)/C(C)=N\NC. The summed E-state index contributed by atoms with van der Waals surface area (Å²) in [6, 6.07) is 0. The molecular formula is C6H12N2. The van der Waals surface area contributed by atoms with Gasteiger partial charge in [0.25, 0.3) is 0 Å². The van der Waals surface area contributed by atoms with Crippen molar-refractivity contribution >= 4 is 5.71 Å². The summed E-state index contributed by atoms with van der Waals surface area (Å²) in [5.41, 5.74) is 4.63. The first-order chi connectivity index (χ1) is 3.68. The highest BCUT2D eigenvalue weighted by molar-refractivity contribution is 5.96. The van der Waals surface area contributed by atoms with Gasteiger partial charge in [0.1, 0.15) is 0 Å². The highest BCUT2D eigenvalue weighted by Crippen LogP contribution is 1.88. The largest absolute Gasteiger partial charge is 0.313 e. The van der Waals surface area contributed by atoms with E-state index in [4.69, 9.17) is 0 Å². The van der Waals surface area contributed by atoms with Crippen molar-refractivity contribution < 1.29 is 0 Å². The first-order valence-corrected chi connectivity index (χ1v) is 2.55. The van der Waals surface area contributed by atoms with E-state index in [2.05, 4.69) is 17.1 Å². The van der Waals surface area contributed by atoms with Crippen molar-refractivity contribution in [2.45, 2.75) is 13.8 Å². The molecule has 0 bridgehead atoms. The van der Waals surface area contributed by atoms with Gasteiger partial charge in [-0.3, -0.25) is 0 Å². The van der Waals surface area contributed by atoms with Crippen LogP contribution in [0.5, 0.6) is 0 Å². The average Bonchev–Trinajstić information content (AvgIpc) is 1.67. The predicted octanol–water partition coefficient (Wildman–Crippen LogP) is 1.16. The molecule has 46 valence electrons. The average molecular weight is 112 g/mol. The zero-order chi connectivity index (χ0) is 6.57. The van der Waals surface area contributed by atoms with Gasteiger partial charge in [-0.05, 0) is 19.4 Å². The van der Waals surface area contributed by atoms with Crippen molar-refractivity contribution in [1.82, 2.24) is 5.43 Å². The molecule has 2 heteroatoms. The van der Waals surface area contributed by atoms with Crippen molar-refractivity contribution in [3.63, 3.8) is 0 Å². The molecular weight excluding hydrogens is 100 g/mol. The molecule has 0 saturated heterocycles. The molecule has 0 aliphatic rings. The second-order valence-electron chi connectivity index (χ2n) is 1.70. The van der Waals surface area contributed by atoms with Gasteiger partial charge < -0.3 is 5.43 Å². The quantitative estimate of drug-likeness (QED) is 0.420. The minimum atomic E-state index is 0.951. The molecule has 2 nitrogen and oxygen atoms in total. The lowest BCUT2D eigenvalue weighted by Crippen LogP contribution is -2.01. The molecule has 0 amide bonds. The van der Waals surface area contributed by atoms with Crippen LogP contribution in [0.4, 0.5) is 0 Å². The fraction of sp³-hybridized carbons (Fsp3) is 0.500. The van der Waals surface area contributed by atoms with Gasteiger partial charge in [-0.25, -0.2) is 0 Å². The van der Waals surface area contributed by atoms with Crippen molar-refractivity contribution in [3.05, 3.63) is 12.2 Å². The predicted molar refractivity (Wildman–Crippen MR) is 37.0 cm³/mol. The van der Waals surface area contributed by atoms with Crippen molar-refractivity contribution in [2.75, 3.05) is 7.05 Å². The van der Waals surface area contributed by atoms with Crippen molar-refractivity contribution in [3.8, 4) is 0 Å². The number of allylic oxidation sites excluding steroid dienone is 1. The van der Waals surface area contributed by atoms with E-state index in [1.165, 1.54) is 0 Å². The van der Waals surface area contributed by atoms with Crippen molar-refractivity contribution in [2.24, 2.45) is 5.10 Å². The van der Waals surface area contributed by atoms with E-state index in [1.54, 1.807) is 7.05 Å². The highest BCUT2D eigenvalue weighted by Gasteiger charge is 1.86. The van der Waals surface area contributed by atoms with Crippen LogP contribution in [0.2, 0.25) is 0 Å². The zero-order valence-corrected chi connectivity index (χ0v) is 5.65. The Morgan fingerprint density at radius 1 is 1.50 bits per heavy atom. The van der Waals surface area contributed by atoms with Crippen LogP contribution in [0.1, 0.15) is 13.8 Å². The monoisotopic (exact) mass is 112 g/mol. The third-order valence-corrected chi connectivity index (χ3v) is 0.897. The summed E-state index contributed by atoms with van der Waals surface area (Å²) >= 11 is 0. The van der Waals surface area contributed by atoms with E-state index >= 15 is 0 Å². The van der Waals surface area contributed by atoms with Crippen LogP contribution in [0, 0.1) is 0 Å². The van der Waals surface area contributed by atoms with E-state index < -0.39 is 0 Å². The molecule has 0 aromatic rings. The maximum Gasteiger partial charge on any atom is 0.0595 e. The van der Waals surface area contributed by atoms with Gasteiger partial charge in [0.15, 0.2) is 0 Å². The van der Waals surface area contributed by atoms with Gasteiger partial charge >= 0.3 is 0 Å². The standard InChI is InChI=1S/C6H12N2/c1-5(2)6(3)8-7-4/h7H,1H2,2-4H3/b8-6-. The van der Waals surface area contributed by atoms with E-state index in [1.807, 2.05) is 13.8 Å². The van der Waals surface area contributed by atoms with Crippen LogP contribution in [-0.2, 0) is 0 Å². The fourth-order valence-electron chi connectivity index (χ4n) is 0.263. The fourth-order valence-corrected chi connectivity index (χ4v) is 0.263. The van der Waals surface area contributed by atoms with E-state index in [9.17, 15) is 0 Å². The molecule has 1 N–H and O–H groups in total. The summed E-state index contributed by atoms with van der Waals surface area (Å²) in [6.45, 7) is 7.55. The van der Waals surface area contributed by atoms with Crippen LogP contribution in [0.3, 0.4) is 0 Å². The number of nitrogens with one attached hydrogen (secondary N) is 1. The molecule has 0 aliphatic carbocycles. The lowest BCUT2D eigenvalue weighted by atomic mass is 10.2. The third kappa shape index (κ3) is 2.39. The Morgan fingerprint density at radius 2 is 2.00 bits per heavy atom. The van der Waals surface area contributed by atoms with E-state index in [0.29, 0.717) is 0 Å². The van der Waals surface area contributed by atoms with Crippen LogP contribution in [-0.4, -0.2) is 12.8 Å². The van der Waals surface area contributed by atoms with Crippen molar-refractivity contribution in [1.29, 1.82) is 0 Å². The summed E-state index contributed by atoms with van der Waals surface area (Å²) in [6.07, 6.45) is 0. The zero-order valence-electron chi connectivity index (χ0n) is 5.65. The summed E-state index contributed by atoms with van der Waals surface area (Å²) in [7, 11) is 1.77. The van der Waals surface area contributed by atoms with Gasteiger partial charge in [-0.15, -0.1) is 0 Å². The summed E-state index contributed by atoms with van der Waals surface area (Å²) < 4.78 is 0. The molecule has 0 unspecified atom stereocenters. The minimum absolute atomic E-state index is 0.951. The number of hydrogen-bond donors (Lipinski definition) is 1. The first-order valence-electron chi connectivity index (χ1n) is 2.55. The van der Waals surface area contributed by atoms with Gasteiger partial charge in [0.05, 0.1) is 5.71 Å². The normalized spacial score (nSPS) is 11.1. The molecule has 0 radical (unpaired) electrons. The topological polar surface area (TPSA) is 24.4 Å². The molecule has 0 spiro atoms. The first kappa shape index (κ1) is 7.21. The van der Waals surface area contributed by atoms with Gasteiger partial charge in [0.2, 0.25) is 0 Å². The van der Waals surface area contributed by atoms with E-state index in [0.717, 1.165) is 11.3 Å². The molecule has 0 aromatic carbocycles. The molecule has 0 saturated carbocycles. The van der Waals surface area contributed by atoms with Crippen LogP contribution in [0.15, 0.2) is 17.3 Å². The summed E-state index contributed by atoms with van der Waals surface area (Å²) in [5.74, 6) is 0. The summed E-state index contributed by atoms with van der Waals surface area (Å²) in [5, 5.41) is 3.89. The number of nitrogens with zero attached hydrogens (tertiary/aromatic N) is 1. The Bertz CT molecular complexity index is 114. The second kappa shape index (κ2) is 3.24. The van der Waals surface area contributed by atoms with Crippen LogP contribution < -0.4 is 5.43 Å². The Balaban J connectivity index is 3.80. The van der Waals surface area contributed by atoms with E-state index in [-0.39, 0.29) is 0 Å². The highest BCUT2D eigenvalue weighted by atomic mass is 15.3. The maximum atomic E-state index is 3.89. The number of rotatable bonds is 2. The van der Waals surface area contributed by atoms with Gasteiger partial charge in [0, 0.05) is 7.05 Å². The Morgan fingerprint density at radius 3 is 2.12 bits per heavy atom.